The van der Waals surface area contributed by atoms with Crippen LogP contribution in [0.15, 0.2) is 29.4 Å². The Bertz CT molecular complexity index is 541. The third-order valence-corrected chi connectivity index (χ3v) is 3.43. The maximum absolute atomic E-state index is 4.55. The number of hydrogen-bond acceptors (Lipinski definition) is 4. The Morgan fingerprint density at radius 1 is 1.17 bits per heavy atom. The van der Waals surface area contributed by atoms with Gasteiger partial charge < -0.3 is 0 Å². The highest BCUT2D eigenvalue weighted by Crippen LogP contribution is 2.24. The molecule has 3 rings (SSSR count). The monoisotopic (exact) mass is 243 g/mol. The van der Waals surface area contributed by atoms with E-state index in [-0.39, 0.29) is 6.04 Å². The van der Waals surface area contributed by atoms with E-state index in [0.29, 0.717) is 6.04 Å². The van der Waals surface area contributed by atoms with Gasteiger partial charge in [0.05, 0.1) is 12.3 Å². The molecule has 2 heterocycles. The van der Waals surface area contributed by atoms with Crippen LogP contribution in [0.25, 0.3) is 11.0 Å². The molecule has 1 aliphatic heterocycles. The second kappa shape index (κ2) is 4.40. The van der Waals surface area contributed by atoms with Gasteiger partial charge in [-0.15, -0.1) is 0 Å². The molecule has 1 aliphatic rings. The van der Waals surface area contributed by atoms with E-state index in [1.54, 1.807) is 4.80 Å². The largest absolute Gasteiger partial charge is 0.295 e. The lowest BCUT2D eigenvalue weighted by Crippen LogP contribution is -2.32. The fourth-order valence-corrected chi connectivity index (χ4v) is 2.46. The maximum Gasteiger partial charge on any atom is 0.130 e. The van der Waals surface area contributed by atoms with Crippen molar-refractivity contribution < 1.29 is 0 Å². The van der Waals surface area contributed by atoms with Crippen molar-refractivity contribution in [1.29, 1.82) is 0 Å². The molecule has 2 atom stereocenters. The molecule has 0 radical (unpaired) electrons. The highest BCUT2D eigenvalue weighted by Gasteiger charge is 2.30. The van der Waals surface area contributed by atoms with E-state index in [1.165, 1.54) is 0 Å². The number of nitrogens with zero attached hydrogens (tertiary/aromatic N) is 5. The molecule has 1 aromatic carbocycles. The molecule has 1 aromatic heterocycles. The Hall–Kier alpha value is -1.91. The van der Waals surface area contributed by atoms with Crippen molar-refractivity contribution in [2.75, 3.05) is 7.05 Å². The Morgan fingerprint density at radius 2 is 1.83 bits per heavy atom. The first-order valence-corrected chi connectivity index (χ1v) is 6.38. The topological polar surface area (TPSA) is 46.3 Å². The van der Waals surface area contributed by atoms with Crippen LogP contribution in [0.2, 0.25) is 0 Å². The molecule has 2 aromatic rings. The molecule has 0 bridgehead atoms. The normalized spacial score (nSPS) is 23.1. The van der Waals surface area contributed by atoms with Crippen LogP contribution in [0.5, 0.6) is 0 Å². The Kier molecular flexibility index (Phi) is 2.74. The van der Waals surface area contributed by atoms with E-state index in [4.69, 9.17) is 0 Å². The molecule has 0 saturated carbocycles. The van der Waals surface area contributed by atoms with E-state index in [2.05, 4.69) is 22.2 Å². The Morgan fingerprint density at radius 3 is 2.44 bits per heavy atom. The lowest BCUT2D eigenvalue weighted by atomic mass is 10.1. The minimum atomic E-state index is 0.141. The fraction of sp³-hybridized carbons (Fsp3) is 0.462. The minimum Gasteiger partial charge on any atom is -0.295 e. The summed E-state index contributed by atoms with van der Waals surface area (Å²) in [6, 6.07) is 8.45. The van der Waals surface area contributed by atoms with E-state index in [0.717, 1.165) is 23.9 Å². The zero-order valence-corrected chi connectivity index (χ0v) is 10.7. The van der Waals surface area contributed by atoms with Crippen molar-refractivity contribution in [2.24, 2.45) is 5.10 Å². The van der Waals surface area contributed by atoms with E-state index in [1.807, 2.05) is 42.5 Å². The summed E-state index contributed by atoms with van der Waals surface area (Å²) in [7, 11) is 2.01. The number of fused-ring (bicyclic) bond motifs is 1. The SMILES string of the molecule is CCCC1C(n2nc3ccccc3n2)C=NN1C. The van der Waals surface area contributed by atoms with Gasteiger partial charge >= 0.3 is 0 Å². The van der Waals surface area contributed by atoms with Crippen LogP contribution in [0.1, 0.15) is 25.8 Å². The molecule has 2 unspecified atom stereocenters. The molecule has 5 heteroatoms. The lowest BCUT2D eigenvalue weighted by molar-refractivity contribution is 0.219. The summed E-state index contributed by atoms with van der Waals surface area (Å²) in [6.45, 7) is 2.19. The molecular weight excluding hydrogens is 226 g/mol. The van der Waals surface area contributed by atoms with E-state index < -0.39 is 0 Å². The Labute approximate surface area is 106 Å². The minimum absolute atomic E-state index is 0.141. The summed E-state index contributed by atoms with van der Waals surface area (Å²) < 4.78 is 0. The smallest absolute Gasteiger partial charge is 0.130 e. The predicted octanol–water partition coefficient (Wildman–Crippen LogP) is 2.07. The average molecular weight is 243 g/mol. The number of aromatic nitrogens is 3. The zero-order chi connectivity index (χ0) is 12.5. The number of likely N-dealkylation sites (N-methyl/N-ethyl adjacent to an activating group) is 1. The van der Waals surface area contributed by atoms with Gasteiger partial charge in [0.15, 0.2) is 0 Å². The van der Waals surface area contributed by atoms with Crippen LogP contribution in [0, 0.1) is 0 Å². The van der Waals surface area contributed by atoms with Crippen LogP contribution in [0.4, 0.5) is 0 Å². The second-order valence-corrected chi connectivity index (χ2v) is 4.69. The van der Waals surface area contributed by atoms with Crippen LogP contribution in [-0.2, 0) is 0 Å². The van der Waals surface area contributed by atoms with Gasteiger partial charge in [-0.1, -0.05) is 25.5 Å². The van der Waals surface area contributed by atoms with Crippen LogP contribution in [0.3, 0.4) is 0 Å². The molecule has 18 heavy (non-hydrogen) atoms. The highest BCUT2D eigenvalue weighted by atomic mass is 15.6. The quantitative estimate of drug-likeness (QED) is 0.829. The van der Waals surface area contributed by atoms with Gasteiger partial charge in [0.2, 0.25) is 0 Å². The second-order valence-electron chi connectivity index (χ2n) is 4.69. The highest BCUT2D eigenvalue weighted by molar-refractivity contribution is 5.74. The standard InChI is InChI=1S/C13H17N5/c1-3-6-12-13(9-14-17(12)2)18-15-10-7-4-5-8-11(10)16-18/h4-5,7-9,12-13H,3,6H2,1-2H3. The number of benzene rings is 1. The average Bonchev–Trinajstić information content (AvgIpc) is 2.94. The summed E-state index contributed by atoms with van der Waals surface area (Å²) in [5, 5.41) is 15.5. The fourth-order valence-electron chi connectivity index (χ4n) is 2.46. The maximum atomic E-state index is 4.55. The van der Waals surface area contributed by atoms with Gasteiger partial charge in [0, 0.05) is 7.05 Å². The summed E-state index contributed by atoms with van der Waals surface area (Å²) in [5.41, 5.74) is 1.88. The van der Waals surface area contributed by atoms with Gasteiger partial charge in [-0.2, -0.15) is 20.1 Å². The predicted molar refractivity (Wildman–Crippen MR) is 71.5 cm³/mol. The first kappa shape index (κ1) is 11.2. The Balaban J connectivity index is 1.96. The van der Waals surface area contributed by atoms with Gasteiger partial charge in [0.25, 0.3) is 0 Å². The van der Waals surface area contributed by atoms with Crippen LogP contribution >= 0.6 is 0 Å². The van der Waals surface area contributed by atoms with Gasteiger partial charge in [-0.05, 0) is 18.6 Å². The van der Waals surface area contributed by atoms with Gasteiger partial charge in [-0.25, -0.2) is 0 Å². The first-order chi connectivity index (χ1) is 8.79. The van der Waals surface area contributed by atoms with Crippen molar-refractivity contribution in [3.63, 3.8) is 0 Å². The van der Waals surface area contributed by atoms with Crippen LogP contribution < -0.4 is 0 Å². The summed E-state index contributed by atoms with van der Waals surface area (Å²) in [4.78, 5) is 1.80. The third kappa shape index (κ3) is 1.75. The number of hydrazone groups is 1. The van der Waals surface area contributed by atoms with E-state index in [9.17, 15) is 0 Å². The molecule has 0 fully saturated rings. The molecule has 0 saturated heterocycles. The summed E-state index contributed by atoms with van der Waals surface area (Å²) in [6.07, 6.45) is 4.17. The van der Waals surface area contributed by atoms with Gasteiger partial charge in [-0.3, -0.25) is 5.01 Å². The molecule has 0 amide bonds. The molecule has 94 valence electrons. The molecule has 0 aliphatic carbocycles. The zero-order valence-electron chi connectivity index (χ0n) is 10.7. The summed E-state index contributed by atoms with van der Waals surface area (Å²) in [5.74, 6) is 0. The molecule has 0 spiro atoms. The third-order valence-electron chi connectivity index (χ3n) is 3.43. The number of rotatable bonds is 3. The molecular formula is C13H17N5. The first-order valence-electron chi connectivity index (χ1n) is 6.38. The molecule has 0 N–H and O–H groups in total. The van der Waals surface area contributed by atoms with Crippen molar-refractivity contribution in [1.82, 2.24) is 20.0 Å². The van der Waals surface area contributed by atoms with Crippen molar-refractivity contribution in [2.45, 2.75) is 31.8 Å². The van der Waals surface area contributed by atoms with E-state index >= 15 is 0 Å². The number of hydrogen-bond donors (Lipinski definition) is 0. The summed E-state index contributed by atoms with van der Waals surface area (Å²) >= 11 is 0. The lowest BCUT2D eigenvalue weighted by Gasteiger charge is -2.23. The van der Waals surface area contributed by atoms with Crippen molar-refractivity contribution >= 4 is 17.2 Å². The van der Waals surface area contributed by atoms with Gasteiger partial charge in [0.1, 0.15) is 17.1 Å². The molecule has 5 nitrogen and oxygen atoms in total. The van der Waals surface area contributed by atoms with Crippen LogP contribution in [-0.4, -0.2) is 39.3 Å². The van der Waals surface area contributed by atoms with Crippen molar-refractivity contribution in [3.05, 3.63) is 24.3 Å². The van der Waals surface area contributed by atoms with Crippen molar-refractivity contribution in [3.8, 4) is 0 Å².